The number of carbonyl (C=O) groups excluding carboxylic acids is 1. The maximum absolute atomic E-state index is 11.9. The molecule has 0 saturated heterocycles. The van der Waals surface area contributed by atoms with E-state index in [1.165, 1.54) is 13.0 Å². The molecule has 4 N–H and O–H groups in total. The number of nitrogens with one attached hydrogen (secondary N) is 1. The van der Waals surface area contributed by atoms with Crippen LogP contribution in [-0.4, -0.2) is 34.9 Å². The Balaban J connectivity index is 0.000000885. The molecule has 1 unspecified atom stereocenters. The van der Waals surface area contributed by atoms with E-state index in [9.17, 15) is 9.59 Å². The van der Waals surface area contributed by atoms with Crippen LogP contribution in [0, 0.1) is 18.3 Å². The summed E-state index contributed by atoms with van der Waals surface area (Å²) in [5.41, 5.74) is 4.18. The molecule has 0 spiro atoms. The van der Waals surface area contributed by atoms with Crippen molar-refractivity contribution in [3.05, 3.63) is 11.6 Å². The van der Waals surface area contributed by atoms with Gasteiger partial charge in [0, 0.05) is 5.57 Å². The highest BCUT2D eigenvalue weighted by Gasteiger charge is 2.44. The molecule has 0 aromatic carbocycles. The molecule has 21 heavy (non-hydrogen) atoms. The summed E-state index contributed by atoms with van der Waals surface area (Å²) in [5, 5.41) is 11.4. The lowest BCUT2D eigenvalue weighted by atomic mass is 9.84. The van der Waals surface area contributed by atoms with Gasteiger partial charge >= 0.3 is 5.97 Å². The predicted octanol–water partition coefficient (Wildman–Crippen LogP) is 0.929. The molecular weight excluding hydrogens is 270 g/mol. The molecule has 6 heteroatoms. The standard InChI is InChI=1S/C12H18N2O3.C3H5N/c1-5-12(7(2)3)11(17)13-9(14-12)6-8(4)10(15)16;1-2-3-4/h6-7H,5H2,1-4H3,(H,15,16)(H,13,14,17);1H,3-4H2/b8-6-;. The summed E-state index contributed by atoms with van der Waals surface area (Å²) < 4.78 is 0. The number of nitrogens with two attached hydrogens (primary N) is 1. The van der Waals surface area contributed by atoms with Crippen molar-refractivity contribution in [2.45, 2.75) is 39.7 Å². The van der Waals surface area contributed by atoms with Crippen molar-refractivity contribution in [3.8, 4) is 12.3 Å². The first-order valence-electron chi connectivity index (χ1n) is 6.71. The monoisotopic (exact) mass is 293 g/mol. The summed E-state index contributed by atoms with van der Waals surface area (Å²) in [6.45, 7) is 7.59. The van der Waals surface area contributed by atoms with E-state index in [4.69, 9.17) is 10.8 Å². The maximum Gasteiger partial charge on any atom is 0.331 e. The van der Waals surface area contributed by atoms with Crippen LogP contribution in [0.3, 0.4) is 0 Å². The molecule has 0 fully saturated rings. The van der Waals surface area contributed by atoms with E-state index < -0.39 is 11.5 Å². The lowest BCUT2D eigenvalue weighted by Crippen LogP contribution is -2.43. The Labute approximate surface area is 125 Å². The number of aliphatic imine (C=N–C) groups is 1. The number of terminal acetylenes is 1. The number of carboxylic acid groups (broad SMARTS) is 1. The van der Waals surface area contributed by atoms with Crippen molar-refractivity contribution in [3.63, 3.8) is 0 Å². The molecule has 6 nitrogen and oxygen atoms in total. The first-order chi connectivity index (χ1) is 9.74. The first-order valence-corrected chi connectivity index (χ1v) is 6.71. The fourth-order valence-electron chi connectivity index (χ4n) is 1.89. The Hall–Kier alpha value is -2.13. The number of aliphatic carboxylic acids is 1. The molecule has 1 aliphatic heterocycles. The lowest BCUT2D eigenvalue weighted by Gasteiger charge is -2.25. The van der Waals surface area contributed by atoms with Crippen molar-refractivity contribution in [2.24, 2.45) is 16.6 Å². The van der Waals surface area contributed by atoms with Gasteiger partial charge in [-0.2, -0.15) is 0 Å². The Morgan fingerprint density at radius 3 is 2.43 bits per heavy atom. The SMILES string of the molecule is C#CCN.CCC1(C(C)C)N=C(/C=C(/C)C(=O)O)NC1=O. The van der Waals surface area contributed by atoms with Crippen LogP contribution in [0.2, 0.25) is 0 Å². The van der Waals surface area contributed by atoms with Gasteiger partial charge in [0.05, 0.1) is 6.54 Å². The van der Waals surface area contributed by atoms with E-state index in [2.05, 4.69) is 22.7 Å². The summed E-state index contributed by atoms with van der Waals surface area (Å²) in [7, 11) is 0. The van der Waals surface area contributed by atoms with E-state index >= 15 is 0 Å². The van der Waals surface area contributed by atoms with Gasteiger partial charge in [-0.15, -0.1) is 6.42 Å². The van der Waals surface area contributed by atoms with Gasteiger partial charge in [-0.1, -0.05) is 26.7 Å². The topological polar surface area (TPSA) is 105 Å². The molecule has 0 aliphatic carbocycles. The predicted molar refractivity (Wildman–Crippen MR) is 82.7 cm³/mol. The highest BCUT2D eigenvalue weighted by atomic mass is 16.4. The fraction of sp³-hybridized carbons (Fsp3) is 0.533. The van der Waals surface area contributed by atoms with Gasteiger partial charge in [0.25, 0.3) is 5.91 Å². The molecule has 0 aromatic rings. The normalized spacial score (nSPS) is 21.1. The number of hydrogen-bond donors (Lipinski definition) is 3. The number of rotatable bonds is 4. The van der Waals surface area contributed by atoms with E-state index in [1.807, 2.05) is 20.8 Å². The lowest BCUT2D eigenvalue weighted by molar-refractivity contribution is -0.132. The van der Waals surface area contributed by atoms with E-state index in [0.29, 0.717) is 18.8 Å². The van der Waals surface area contributed by atoms with Gasteiger partial charge in [0.15, 0.2) is 0 Å². The molecular formula is C15H23N3O3. The van der Waals surface area contributed by atoms with E-state index in [0.717, 1.165) is 0 Å². The second-order valence-electron chi connectivity index (χ2n) is 4.92. The van der Waals surface area contributed by atoms with Crippen LogP contribution in [0.4, 0.5) is 0 Å². The maximum atomic E-state index is 11.9. The molecule has 0 radical (unpaired) electrons. The number of carboxylic acids is 1. The summed E-state index contributed by atoms with van der Waals surface area (Å²) in [5.74, 6) is 1.45. The quantitative estimate of drug-likeness (QED) is 0.529. The average Bonchev–Trinajstić information content (AvgIpc) is 2.75. The van der Waals surface area contributed by atoms with Crippen molar-refractivity contribution in [2.75, 3.05) is 6.54 Å². The molecule has 0 aromatic heterocycles. The third kappa shape index (κ3) is 4.72. The summed E-state index contributed by atoms with van der Waals surface area (Å²) >= 11 is 0. The van der Waals surface area contributed by atoms with Crippen molar-refractivity contribution < 1.29 is 14.7 Å². The number of amides is 1. The highest BCUT2D eigenvalue weighted by Crippen LogP contribution is 2.29. The van der Waals surface area contributed by atoms with Gasteiger partial charge < -0.3 is 16.2 Å². The minimum absolute atomic E-state index is 0.0727. The van der Waals surface area contributed by atoms with Crippen LogP contribution in [0.5, 0.6) is 0 Å². The number of nitrogens with zero attached hydrogens (tertiary/aromatic N) is 1. The second kappa shape index (κ2) is 8.22. The Kier molecular flexibility index (Phi) is 7.39. The zero-order chi connectivity index (χ0) is 16.6. The van der Waals surface area contributed by atoms with E-state index in [-0.39, 0.29) is 17.4 Å². The third-order valence-corrected chi connectivity index (χ3v) is 3.26. The summed E-state index contributed by atoms with van der Waals surface area (Å²) in [6.07, 6.45) is 6.64. The van der Waals surface area contributed by atoms with Gasteiger partial charge in [0.2, 0.25) is 0 Å². The largest absolute Gasteiger partial charge is 0.478 e. The van der Waals surface area contributed by atoms with Crippen LogP contribution < -0.4 is 11.1 Å². The third-order valence-electron chi connectivity index (χ3n) is 3.26. The molecule has 1 aliphatic rings. The van der Waals surface area contributed by atoms with Gasteiger partial charge in [0.1, 0.15) is 11.4 Å². The van der Waals surface area contributed by atoms with E-state index in [1.54, 1.807) is 0 Å². The van der Waals surface area contributed by atoms with Crippen LogP contribution in [-0.2, 0) is 9.59 Å². The second-order valence-corrected chi connectivity index (χ2v) is 4.92. The fourth-order valence-corrected chi connectivity index (χ4v) is 1.89. The number of carbonyl (C=O) groups is 2. The molecule has 0 saturated carbocycles. The summed E-state index contributed by atoms with van der Waals surface area (Å²) in [6, 6.07) is 0. The zero-order valence-corrected chi connectivity index (χ0v) is 12.9. The van der Waals surface area contributed by atoms with Crippen molar-refractivity contribution in [1.29, 1.82) is 0 Å². The number of amidine groups is 1. The van der Waals surface area contributed by atoms with Crippen LogP contribution in [0.1, 0.15) is 34.1 Å². The van der Waals surface area contributed by atoms with Gasteiger partial charge in [-0.25, -0.2) is 4.79 Å². The first kappa shape index (κ1) is 18.9. The van der Waals surface area contributed by atoms with Crippen molar-refractivity contribution in [1.82, 2.24) is 5.32 Å². The summed E-state index contributed by atoms with van der Waals surface area (Å²) in [4.78, 5) is 27.0. The van der Waals surface area contributed by atoms with Crippen LogP contribution in [0.25, 0.3) is 0 Å². The minimum atomic E-state index is -1.01. The Morgan fingerprint density at radius 1 is 1.62 bits per heavy atom. The molecule has 0 bridgehead atoms. The number of hydrogen-bond acceptors (Lipinski definition) is 4. The highest BCUT2D eigenvalue weighted by molar-refractivity contribution is 6.14. The Morgan fingerprint density at radius 2 is 2.14 bits per heavy atom. The van der Waals surface area contributed by atoms with Gasteiger partial charge in [-0.05, 0) is 25.3 Å². The minimum Gasteiger partial charge on any atom is -0.478 e. The van der Waals surface area contributed by atoms with Gasteiger partial charge in [-0.3, -0.25) is 9.79 Å². The molecule has 1 heterocycles. The molecule has 1 rings (SSSR count). The zero-order valence-electron chi connectivity index (χ0n) is 12.9. The molecule has 1 atom stereocenters. The molecule has 1 amide bonds. The van der Waals surface area contributed by atoms with Crippen LogP contribution in [0.15, 0.2) is 16.6 Å². The van der Waals surface area contributed by atoms with Crippen LogP contribution >= 0.6 is 0 Å². The Bertz CT molecular complexity index is 501. The molecule has 116 valence electrons. The average molecular weight is 293 g/mol. The smallest absolute Gasteiger partial charge is 0.331 e. The van der Waals surface area contributed by atoms with Crippen molar-refractivity contribution >= 4 is 17.7 Å².